The molecule has 0 fully saturated rings. The van der Waals surface area contributed by atoms with Gasteiger partial charge in [0, 0.05) is 5.75 Å². The van der Waals surface area contributed by atoms with Gasteiger partial charge in [-0.05, 0) is 61.9 Å². The summed E-state index contributed by atoms with van der Waals surface area (Å²) >= 11 is 3.20. The Morgan fingerprint density at radius 1 is 1.16 bits per heavy atom. The average Bonchev–Trinajstić information content (AvgIpc) is 3.15. The van der Waals surface area contributed by atoms with E-state index in [2.05, 4.69) is 29.0 Å². The first-order valence-electron chi connectivity index (χ1n) is 10.9. The van der Waals surface area contributed by atoms with E-state index in [0.29, 0.717) is 18.6 Å². The van der Waals surface area contributed by atoms with Gasteiger partial charge in [-0.3, -0.25) is 9.59 Å². The van der Waals surface area contributed by atoms with Crippen LogP contribution in [0.5, 0.6) is 0 Å². The third-order valence-electron chi connectivity index (χ3n) is 4.36. The maximum Gasteiger partial charge on any atom is 0.408 e. The van der Waals surface area contributed by atoms with Crippen molar-refractivity contribution in [2.24, 2.45) is 5.92 Å². The van der Waals surface area contributed by atoms with Crippen molar-refractivity contribution < 1.29 is 19.1 Å². The van der Waals surface area contributed by atoms with Gasteiger partial charge in [0.15, 0.2) is 5.78 Å². The summed E-state index contributed by atoms with van der Waals surface area (Å²) in [5, 5.41) is 9.68. The summed E-state index contributed by atoms with van der Waals surface area (Å²) in [7, 11) is 0. The Hall–Kier alpha value is -1.54. The molecule has 1 aromatic rings. The van der Waals surface area contributed by atoms with Gasteiger partial charge in [0.2, 0.25) is 5.91 Å². The summed E-state index contributed by atoms with van der Waals surface area (Å²) < 4.78 is 5.31. The van der Waals surface area contributed by atoms with Crippen molar-refractivity contribution in [1.82, 2.24) is 10.6 Å². The van der Waals surface area contributed by atoms with Crippen LogP contribution in [-0.4, -0.2) is 41.2 Å². The maximum atomic E-state index is 13.0. The quantitative estimate of drug-likeness (QED) is 0.416. The lowest BCUT2D eigenvalue weighted by Gasteiger charge is -2.26. The van der Waals surface area contributed by atoms with Crippen molar-refractivity contribution in [3.8, 4) is 0 Å². The number of hydrogen-bond acceptors (Lipinski definition) is 6. The third kappa shape index (κ3) is 12.2. The Labute approximate surface area is 195 Å². The van der Waals surface area contributed by atoms with Crippen LogP contribution in [0.2, 0.25) is 0 Å². The molecule has 31 heavy (non-hydrogen) atoms. The fourth-order valence-corrected chi connectivity index (χ4v) is 4.59. The number of carbonyl (C=O) groups is 3. The van der Waals surface area contributed by atoms with Gasteiger partial charge in [0.05, 0.1) is 11.8 Å². The molecule has 8 heteroatoms. The molecule has 2 atom stereocenters. The summed E-state index contributed by atoms with van der Waals surface area (Å²) in [6, 6.07) is 0.764. The van der Waals surface area contributed by atoms with Crippen molar-refractivity contribution in [3.63, 3.8) is 0 Å². The number of alkyl carbamates (subject to hydrolysis) is 1. The number of thiophene rings is 1. The molecule has 1 rings (SSSR count). The van der Waals surface area contributed by atoms with Gasteiger partial charge in [0.25, 0.3) is 0 Å². The number of nitrogens with one attached hydrogen (secondary N) is 2. The second-order valence-corrected chi connectivity index (χ2v) is 10.9. The van der Waals surface area contributed by atoms with Crippen LogP contribution >= 0.6 is 23.1 Å². The zero-order valence-corrected chi connectivity index (χ0v) is 21.3. The molecular formula is C23H38N2O4S2. The molecule has 0 saturated heterocycles. The van der Waals surface area contributed by atoms with Gasteiger partial charge in [-0.2, -0.15) is 11.3 Å². The lowest BCUT2D eigenvalue weighted by Crippen LogP contribution is -2.53. The lowest BCUT2D eigenvalue weighted by atomic mass is 10.0. The maximum absolute atomic E-state index is 13.0. The molecular weight excluding hydrogens is 432 g/mol. The summed E-state index contributed by atoms with van der Waals surface area (Å²) in [6.45, 7) is 11.3. The number of carbonyl (C=O) groups excluding carboxylic acids is 3. The largest absolute Gasteiger partial charge is 0.444 e. The summed E-state index contributed by atoms with van der Waals surface area (Å²) in [5.74, 6) is 0.995. The van der Waals surface area contributed by atoms with Crippen LogP contribution in [0, 0.1) is 5.92 Å². The molecule has 0 aliphatic heterocycles. The van der Waals surface area contributed by atoms with Gasteiger partial charge in [-0.1, -0.05) is 33.6 Å². The van der Waals surface area contributed by atoms with Crippen molar-refractivity contribution in [1.29, 1.82) is 0 Å². The highest BCUT2D eigenvalue weighted by molar-refractivity contribution is 7.99. The molecule has 0 aliphatic carbocycles. The zero-order valence-electron chi connectivity index (χ0n) is 19.7. The molecule has 0 aliphatic rings. The Balaban J connectivity index is 2.74. The molecule has 1 aromatic heterocycles. The first-order valence-corrected chi connectivity index (χ1v) is 13.0. The van der Waals surface area contributed by atoms with E-state index in [4.69, 9.17) is 4.74 Å². The predicted octanol–water partition coefficient (Wildman–Crippen LogP) is 5.16. The lowest BCUT2D eigenvalue weighted by molar-refractivity contribution is -0.128. The first kappa shape index (κ1) is 27.5. The van der Waals surface area contributed by atoms with Crippen molar-refractivity contribution in [2.45, 2.75) is 90.7 Å². The van der Waals surface area contributed by atoms with E-state index >= 15 is 0 Å². The van der Waals surface area contributed by atoms with Gasteiger partial charge in [0.1, 0.15) is 11.6 Å². The van der Waals surface area contributed by atoms with Gasteiger partial charge >= 0.3 is 6.09 Å². The van der Waals surface area contributed by atoms with Gasteiger partial charge in [-0.15, -0.1) is 11.8 Å². The topological polar surface area (TPSA) is 84.5 Å². The highest BCUT2D eigenvalue weighted by Crippen LogP contribution is 2.17. The normalized spacial score (nSPS) is 13.5. The SMILES string of the molecule is CCCC[C@H](NC(=O)[C@H](CC(C)C)NC(=O)OC(C)(C)C)C(=O)CSCc1ccsc1. The molecule has 0 radical (unpaired) electrons. The number of hydrogen-bond donors (Lipinski definition) is 2. The van der Waals surface area contributed by atoms with Crippen LogP contribution in [-0.2, 0) is 20.1 Å². The fraction of sp³-hybridized carbons (Fsp3) is 0.696. The predicted molar refractivity (Wildman–Crippen MR) is 130 cm³/mol. The number of rotatable bonds is 13. The second kappa shape index (κ2) is 13.8. The van der Waals surface area contributed by atoms with Crippen molar-refractivity contribution in [2.75, 3.05) is 5.75 Å². The number of ketones is 1. The molecule has 0 bridgehead atoms. The van der Waals surface area contributed by atoms with Crippen LogP contribution < -0.4 is 10.6 Å². The monoisotopic (exact) mass is 470 g/mol. The van der Waals surface area contributed by atoms with E-state index < -0.39 is 23.8 Å². The molecule has 2 N–H and O–H groups in total. The first-order chi connectivity index (χ1) is 14.5. The molecule has 0 spiro atoms. The van der Waals surface area contributed by atoms with Crippen LogP contribution in [0.25, 0.3) is 0 Å². The minimum Gasteiger partial charge on any atom is -0.444 e. The molecule has 6 nitrogen and oxygen atoms in total. The Morgan fingerprint density at radius 2 is 1.87 bits per heavy atom. The van der Waals surface area contributed by atoms with E-state index in [1.807, 2.05) is 19.2 Å². The van der Waals surface area contributed by atoms with Crippen LogP contribution in [0.3, 0.4) is 0 Å². The average molecular weight is 471 g/mol. The number of Topliss-reactive ketones (excluding diaryl/α,β-unsaturated/α-hetero) is 1. The molecule has 0 saturated carbocycles. The number of amides is 2. The van der Waals surface area contributed by atoms with E-state index in [-0.39, 0.29) is 17.6 Å². The Bertz CT molecular complexity index is 684. The minimum absolute atomic E-state index is 0.0163. The van der Waals surface area contributed by atoms with Crippen LogP contribution in [0.4, 0.5) is 4.79 Å². The number of ether oxygens (including phenoxy) is 1. The highest BCUT2D eigenvalue weighted by atomic mass is 32.2. The zero-order chi connectivity index (χ0) is 23.4. The van der Waals surface area contributed by atoms with E-state index in [0.717, 1.165) is 18.6 Å². The fourth-order valence-electron chi connectivity index (χ4n) is 2.89. The minimum atomic E-state index is -0.745. The number of thioether (sulfide) groups is 1. The second-order valence-electron chi connectivity index (χ2n) is 9.12. The van der Waals surface area contributed by atoms with Crippen molar-refractivity contribution >= 4 is 40.9 Å². The summed E-state index contributed by atoms with van der Waals surface area (Å²) in [6.07, 6.45) is 2.22. The van der Waals surface area contributed by atoms with E-state index in [9.17, 15) is 14.4 Å². The molecule has 1 heterocycles. The molecule has 0 aromatic carbocycles. The summed E-state index contributed by atoms with van der Waals surface area (Å²) in [5.41, 5.74) is 0.554. The smallest absolute Gasteiger partial charge is 0.408 e. The van der Waals surface area contributed by atoms with Gasteiger partial charge < -0.3 is 15.4 Å². The molecule has 176 valence electrons. The highest BCUT2D eigenvalue weighted by Gasteiger charge is 2.28. The molecule has 2 amide bonds. The molecule has 0 unspecified atom stereocenters. The van der Waals surface area contributed by atoms with Crippen LogP contribution in [0.1, 0.15) is 72.8 Å². The van der Waals surface area contributed by atoms with Crippen molar-refractivity contribution in [3.05, 3.63) is 22.4 Å². The summed E-state index contributed by atoms with van der Waals surface area (Å²) in [4.78, 5) is 38.0. The Morgan fingerprint density at radius 3 is 2.42 bits per heavy atom. The van der Waals surface area contributed by atoms with Gasteiger partial charge in [-0.25, -0.2) is 4.79 Å². The number of unbranched alkanes of at least 4 members (excludes halogenated alkanes) is 1. The van der Waals surface area contributed by atoms with E-state index in [1.165, 1.54) is 5.56 Å². The van der Waals surface area contributed by atoms with E-state index in [1.54, 1.807) is 43.9 Å². The standard InChI is InChI=1S/C23H38N2O4S2/c1-7-8-9-18(20(26)15-31-14-17-10-11-30-13-17)24-21(27)19(12-16(2)3)25-22(28)29-23(4,5)6/h10-11,13,16,18-19H,7-9,12,14-15H2,1-6H3,(H,24,27)(H,25,28)/t18-,19-/m0/s1. The van der Waals surface area contributed by atoms with Crippen LogP contribution in [0.15, 0.2) is 16.8 Å². The Kier molecular flexibility index (Phi) is 12.2. The third-order valence-corrected chi connectivity index (χ3v) is 6.12.